The van der Waals surface area contributed by atoms with E-state index >= 15 is 0 Å². The average Bonchev–Trinajstić information content (AvgIpc) is 2.30. The van der Waals surface area contributed by atoms with Gasteiger partial charge >= 0.3 is 11.9 Å². The van der Waals surface area contributed by atoms with Gasteiger partial charge in [0.05, 0.1) is 5.41 Å². The molecule has 20 heavy (non-hydrogen) atoms. The van der Waals surface area contributed by atoms with Gasteiger partial charge in [-0.3, -0.25) is 14.1 Å². The molecule has 0 amide bonds. The maximum atomic E-state index is 11.5. The molecule has 0 aliphatic heterocycles. The Morgan fingerprint density at radius 3 is 1.95 bits per heavy atom. The molecule has 0 aliphatic rings. The lowest BCUT2D eigenvalue weighted by molar-refractivity contribution is -0.156. The summed E-state index contributed by atoms with van der Waals surface area (Å²) in [5.41, 5.74) is -2.01. The van der Waals surface area contributed by atoms with Crippen molar-refractivity contribution in [3.8, 4) is 0 Å². The van der Waals surface area contributed by atoms with Gasteiger partial charge in [0, 0.05) is 0 Å². The van der Waals surface area contributed by atoms with E-state index in [1.54, 1.807) is 0 Å². The van der Waals surface area contributed by atoms with Crippen molar-refractivity contribution in [3.05, 3.63) is 0 Å². The highest BCUT2D eigenvalue weighted by Gasteiger charge is 2.54. The number of hydrogen-bond donors (Lipinski definition) is 3. The zero-order valence-corrected chi connectivity index (χ0v) is 12.5. The third kappa shape index (κ3) is 4.45. The third-order valence-electron chi connectivity index (χ3n) is 3.56. The summed E-state index contributed by atoms with van der Waals surface area (Å²) in [6.45, 7) is 3.37. The minimum atomic E-state index is -5.00. The van der Waals surface area contributed by atoms with Crippen molar-refractivity contribution in [2.75, 3.05) is 0 Å². The minimum absolute atomic E-state index is 0.102. The fourth-order valence-corrected chi connectivity index (χ4v) is 3.59. The van der Waals surface area contributed by atoms with E-state index in [1.807, 2.05) is 6.92 Å². The smallest absolute Gasteiger partial charge is 0.325 e. The van der Waals surface area contributed by atoms with Gasteiger partial charge in [-0.1, -0.05) is 39.5 Å². The molecule has 7 nitrogen and oxygen atoms in total. The molecule has 3 N–H and O–H groups in total. The maximum absolute atomic E-state index is 11.5. The van der Waals surface area contributed by atoms with Gasteiger partial charge in [-0.15, -0.1) is 0 Å². The molecule has 0 aromatic carbocycles. The molecular formula is C12H22O7S. The van der Waals surface area contributed by atoms with E-state index < -0.39 is 32.7 Å². The van der Waals surface area contributed by atoms with E-state index in [0.717, 1.165) is 12.8 Å². The lowest BCUT2D eigenvalue weighted by atomic mass is 9.76. The fourth-order valence-electron chi connectivity index (χ4n) is 2.38. The summed E-state index contributed by atoms with van der Waals surface area (Å²) >= 11 is 0. The largest absolute Gasteiger partial charge is 0.481 e. The summed E-state index contributed by atoms with van der Waals surface area (Å²) in [5, 5.41) is 16.0. The van der Waals surface area contributed by atoms with Gasteiger partial charge in [-0.2, -0.15) is 8.42 Å². The highest BCUT2D eigenvalue weighted by atomic mass is 32.2. The fraction of sp³-hybridized carbons (Fsp3) is 0.833. The molecule has 0 saturated heterocycles. The standard InChI is InChI=1S/C12H22O7S/c1-3-5-6-7-8-12(4-2,11(15)16)9(10(13)14)20(17,18)19/h9H,3-8H2,1-2H3,(H,13,14)(H,15,16)(H,17,18,19). The summed E-state index contributed by atoms with van der Waals surface area (Å²) in [6.07, 6.45) is 2.55. The maximum Gasteiger partial charge on any atom is 0.325 e. The number of unbranched alkanes of at least 4 members (excludes halogenated alkanes) is 3. The number of aliphatic carboxylic acids is 2. The quantitative estimate of drug-likeness (QED) is 0.414. The van der Waals surface area contributed by atoms with Gasteiger partial charge in [0.25, 0.3) is 10.1 Å². The predicted octanol–water partition coefficient (Wildman–Crippen LogP) is 1.78. The van der Waals surface area contributed by atoms with E-state index in [1.165, 1.54) is 6.92 Å². The molecule has 0 fully saturated rings. The zero-order chi connectivity index (χ0) is 16.0. The molecule has 0 aromatic heterocycles. The number of carbonyl (C=O) groups is 2. The molecule has 0 rings (SSSR count). The molecule has 0 heterocycles. The van der Waals surface area contributed by atoms with E-state index in [2.05, 4.69) is 0 Å². The van der Waals surface area contributed by atoms with Crippen LogP contribution in [0.3, 0.4) is 0 Å². The second kappa shape index (κ2) is 7.58. The van der Waals surface area contributed by atoms with E-state index in [0.29, 0.717) is 12.8 Å². The SMILES string of the molecule is CCCCCCC(CC)(C(=O)O)C(C(=O)O)S(=O)(=O)O. The van der Waals surface area contributed by atoms with E-state index in [-0.39, 0.29) is 12.8 Å². The summed E-state index contributed by atoms with van der Waals surface area (Å²) in [4.78, 5) is 22.6. The first-order valence-corrected chi connectivity index (χ1v) is 8.06. The van der Waals surface area contributed by atoms with Crippen LogP contribution < -0.4 is 0 Å². The summed E-state index contributed by atoms with van der Waals surface area (Å²) in [5.74, 6) is -3.35. The Kier molecular flexibility index (Phi) is 7.15. The van der Waals surface area contributed by atoms with Crippen molar-refractivity contribution >= 4 is 22.1 Å². The van der Waals surface area contributed by atoms with Gasteiger partial charge in [-0.05, 0) is 12.8 Å². The highest BCUT2D eigenvalue weighted by molar-refractivity contribution is 7.87. The second-order valence-corrected chi connectivity index (χ2v) is 6.36. The van der Waals surface area contributed by atoms with Crippen molar-refractivity contribution in [2.24, 2.45) is 5.41 Å². The number of hydrogen-bond acceptors (Lipinski definition) is 4. The van der Waals surface area contributed by atoms with Crippen LogP contribution in [-0.2, 0) is 19.7 Å². The van der Waals surface area contributed by atoms with Gasteiger partial charge in [-0.25, -0.2) is 0 Å². The number of rotatable bonds is 10. The molecule has 0 spiro atoms. The molecule has 2 atom stereocenters. The Hall–Kier alpha value is -1.15. The van der Waals surface area contributed by atoms with Crippen molar-refractivity contribution in [1.29, 1.82) is 0 Å². The molecule has 0 bridgehead atoms. The molecule has 0 saturated carbocycles. The van der Waals surface area contributed by atoms with Crippen molar-refractivity contribution < 1.29 is 32.8 Å². The Morgan fingerprint density at radius 1 is 1.10 bits per heavy atom. The average molecular weight is 310 g/mol. The molecule has 0 aliphatic carbocycles. The van der Waals surface area contributed by atoms with Crippen LogP contribution in [0.4, 0.5) is 0 Å². The lowest BCUT2D eigenvalue weighted by Crippen LogP contribution is -2.50. The monoisotopic (exact) mass is 310 g/mol. The Bertz CT molecular complexity index is 443. The van der Waals surface area contributed by atoms with Gasteiger partial charge in [0.2, 0.25) is 0 Å². The van der Waals surface area contributed by atoms with Crippen LogP contribution in [0.25, 0.3) is 0 Å². The van der Waals surface area contributed by atoms with Crippen molar-refractivity contribution in [1.82, 2.24) is 0 Å². The molecular weight excluding hydrogens is 288 g/mol. The summed E-state index contributed by atoms with van der Waals surface area (Å²) in [7, 11) is -5.00. The van der Waals surface area contributed by atoms with E-state index in [4.69, 9.17) is 9.66 Å². The van der Waals surface area contributed by atoms with Crippen molar-refractivity contribution in [2.45, 2.75) is 57.6 Å². The normalized spacial score (nSPS) is 16.4. The van der Waals surface area contributed by atoms with Crippen LogP contribution >= 0.6 is 0 Å². The first kappa shape index (κ1) is 18.9. The first-order valence-electron chi connectivity index (χ1n) is 6.56. The van der Waals surface area contributed by atoms with Crippen molar-refractivity contribution in [3.63, 3.8) is 0 Å². The molecule has 0 radical (unpaired) electrons. The summed E-state index contributed by atoms with van der Waals surface area (Å²) in [6, 6.07) is 0. The van der Waals surface area contributed by atoms with Gasteiger partial charge in [0.1, 0.15) is 0 Å². The Morgan fingerprint density at radius 2 is 1.65 bits per heavy atom. The van der Waals surface area contributed by atoms with Crippen LogP contribution in [0, 0.1) is 5.41 Å². The van der Waals surface area contributed by atoms with Crippen LogP contribution in [0.2, 0.25) is 0 Å². The lowest BCUT2D eigenvalue weighted by Gasteiger charge is -2.32. The molecule has 8 heteroatoms. The second-order valence-electron chi connectivity index (χ2n) is 4.86. The van der Waals surface area contributed by atoms with Crippen LogP contribution in [0.15, 0.2) is 0 Å². The number of carboxylic acid groups (broad SMARTS) is 2. The first-order chi connectivity index (χ1) is 9.13. The van der Waals surface area contributed by atoms with Crippen LogP contribution in [0.1, 0.15) is 52.4 Å². The molecule has 118 valence electrons. The van der Waals surface area contributed by atoms with Gasteiger partial charge < -0.3 is 10.2 Å². The molecule has 0 aromatic rings. The number of carboxylic acids is 2. The summed E-state index contributed by atoms with van der Waals surface area (Å²) < 4.78 is 31.7. The Balaban J connectivity index is 5.49. The topological polar surface area (TPSA) is 129 Å². The highest BCUT2D eigenvalue weighted by Crippen LogP contribution is 2.37. The Labute approximate surface area is 118 Å². The van der Waals surface area contributed by atoms with Crippen LogP contribution in [0.5, 0.6) is 0 Å². The molecule has 2 unspecified atom stereocenters. The predicted molar refractivity (Wildman–Crippen MR) is 72.1 cm³/mol. The van der Waals surface area contributed by atoms with Crippen LogP contribution in [-0.4, -0.2) is 40.4 Å². The third-order valence-corrected chi connectivity index (χ3v) is 4.81. The van der Waals surface area contributed by atoms with Gasteiger partial charge in [0.15, 0.2) is 5.25 Å². The van der Waals surface area contributed by atoms with E-state index in [9.17, 15) is 23.1 Å². The zero-order valence-electron chi connectivity index (χ0n) is 11.7. The minimum Gasteiger partial charge on any atom is -0.481 e.